The van der Waals surface area contributed by atoms with Crippen LogP contribution in [0.15, 0.2) is 0 Å². The molecule has 0 saturated carbocycles. The van der Waals surface area contributed by atoms with E-state index in [-0.39, 0.29) is 0 Å². The van der Waals surface area contributed by atoms with E-state index in [0.29, 0.717) is 6.04 Å². The molecule has 2 nitrogen and oxygen atoms in total. The van der Waals surface area contributed by atoms with E-state index in [1.165, 1.54) is 31.7 Å². The minimum Gasteiger partial charge on any atom is -0.315 e. The van der Waals surface area contributed by atoms with Gasteiger partial charge in [-0.3, -0.25) is 4.90 Å². The molecule has 1 N–H and O–H groups in total. The Labute approximate surface area is 99.2 Å². The third kappa shape index (κ3) is 4.75. The maximum absolute atomic E-state index is 3.52. The SMILES string of the molecule is CCCNCC(C)N1CCSC(CC)C1. The predicted molar refractivity (Wildman–Crippen MR) is 70.7 cm³/mol. The smallest absolute Gasteiger partial charge is 0.0193 e. The summed E-state index contributed by atoms with van der Waals surface area (Å²) in [6.07, 6.45) is 2.55. The van der Waals surface area contributed by atoms with Gasteiger partial charge in [-0.2, -0.15) is 11.8 Å². The van der Waals surface area contributed by atoms with E-state index in [4.69, 9.17) is 0 Å². The highest BCUT2D eigenvalue weighted by Crippen LogP contribution is 2.22. The van der Waals surface area contributed by atoms with Gasteiger partial charge < -0.3 is 5.32 Å². The summed E-state index contributed by atoms with van der Waals surface area (Å²) in [5, 5.41) is 4.38. The van der Waals surface area contributed by atoms with Crippen LogP contribution in [-0.4, -0.2) is 48.1 Å². The van der Waals surface area contributed by atoms with Crippen molar-refractivity contribution in [1.82, 2.24) is 10.2 Å². The fraction of sp³-hybridized carbons (Fsp3) is 1.00. The Morgan fingerprint density at radius 2 is 2.27 bits per heavy atom. The Morgan fingerprint density at radius 1 is 1.47 bits per heavy atom. The van der Waals surface area contributed by atoms with Gasteiger partial charge in [-0.15, -0.1) is 0 Å². The summed E-state index contributed by atoms with van der Waals surface area (Å²) in [6.45, 7) is 11.8. The molecule has 0 radical (unpaired) electrons. The van der Waals surface area contributed by atoms with Crippen molar-refractivity contribution >= 4 is 11.8 Å². The Hall–Kier alpha value is 0.270. The molecular weight excluding hydrogens is 204 g/mol. The Bertz CT molecular complexity index is 164. The molecule has 1 aliphatic rings. The van der Waals surface area contributed by atoms with Crippen LogP contribution in [0.3, 0.4) is 0 Å². The topological polar surface area (TPSA) is 15.3 Å². The minimum absolute atomic E-state index is 0.700. The van der Waals surface area contributed by atoms with Crippen LogP contribution >= 0.6 is 11.8 Å². The van der Waals surface area contributed by atoms with E-state index in [9.17, 15) is 0 Å². The first kappa shape index (κ1) is 13.3. The lowest BCUT2D eigenvalue weighted by Crippen LogP contribution is -2.47. The van der Waals surface area contributed by atoms with Gasteiger partial charge in [-0.25, -0.2) is 0 Å². The normalized spacial score (nSPS) is 25.4. The Morgan fingerprint density at radius 3 is 2.93 bits per heavy atom. The van der Waals surface area contributed by atoms with Gasteiger partial charge in [-0.1, -0.05) is 13.8 Å². The predicted octanol–water partition coefficient (Wildman–Crippen LogP) is 2.20. The lowest BCUT2D eigenvalue weighted by Gasteiger charge is -2.36. The first-order chi connectivity index (χ1) is 7.27. The van der Waals surface area contributed by atoms with Gasteiger partial charge in [0.2, 0.25) is 0 Å². The molecule has 0 aliphatic carbocycles. The van der Waals surface area contributed by atoms with E-state index < -0.39 is 0 Å². The standard InChI is InChI=1S/C12H26N2S/c1-4-6-13-9-11(3)14-7-8-15-12(5-2)10-14/h11-13H,4-10H2,1-3H3. The lowest BCUT2D eigenvalue weighted by atomic mass is 10.2. The van der Waals surface area contributed by atoms with Crippen LogP contribution in [0, 0.1) is 0 Å². The summed E-state index contributed by atoms with van der Waals surface area (Å²) < 4.78 is 0. The summed E-state index contributed by atoms with van der Waals surface area (Å²) >= 11 is 2.15. The van der Waals surface area contributed by atoms with Crippen LogP contribution < -0.4 is 5.32 Å². The van der Waals surface area contributed by atoms with Crippen molar-refractivity contribution in [3.63, 3.8) is 0 Å². The van der Waals surface area contributed by atoms with Crippen molar-refractivity contribution in [1.29, 1.82) is 0 Å². The number of thioether (sulfide) groups is 1. The molecule has 0 spiro atoms. The van der Waals surface area contributed by atoms with Gasteiger partial charge in [0.25, 0.3) is 0 Å². The van der Waals surface area contributed by atoms with Crippen LogP contribution in [0.1, 0.15) is 33.6 Å². The van der Waals surface area contributed by atoms with Crippen molar-refractivity contribution in [2.45, 2.75) is 44.9 Å². The van der Waals surface area contributed by atoms with Gasteiger partial charge in [0.05, 0.1) is 0 Å². The van der Waals surface area contributed by atoms with Gasteiger partial charge in [0.1, 0.15) is 0 Å². The highest BCUT2D eigenvalue weighted by molar-refractivity contribution is 8.00. The zero-order valence-electron chi connectivity index (χ0n) is 10.5. The molecule has 0 aromatic rings. The van der Waals surface area contributed by atoms with Crippen molar-refractivity contribution in [3.8, 4) is 0 Å². The molecule has 0 aromatic heterocycles. The van der Waals surface area contributed by atoms with Gasteiger partial charge in [-0.05, 0) is 26.3 Å². The van der Waals surface area contributed by atoms with Crippen molar-refractivity contribution in [2.75, 3.05) is 31.9 Å². The molecule has 1 aliphatic heterocycles. The highest BCUT2D eigenvalue weighted by Gasteiger charge is 2.22. The number of hydrogen-bond donors (Lipinski definition) is 1. The van der Waals surface area contributed by atoms with E-state index >= 15 is 0 Å². The van der Waals surface area contributed by atoms with Crippen molar-refractivity contribution in [3.05, 3.63) is 0 Å². The highest BCUT2D eigenvalue weighted by atomic mass is 32.2. The summed E-state index contributed by atoms with van der Waals surface area (Å²) in [5.41, 5.74) is 0. The Balaban J connectivity index is 2.22. The maximum atomic E-state index is 3.52. The summed E-state index contributed by atoms with van der Waals surface area (Å²) in [4.78, 5) is 2.65. The van der Waals surface area contributed by atoms with E-state index in [2.05, 4.69) is 42.7 Å². The Kier molecular flexibility index (Phi) is 6.69. The van der Waals surface area contributed by atoms with Crippen LogP contribution in [0.2, 0.25) is 0 Å². The van der Waals surface area contributed by atoms with E-state index in [1.807, 2.05) is 0 Å². The molecule has 1 heterocycles. The zero-order chi connectivity index (χ0) is 11.1. The second-order valence-corrected chi connectivity index (χ2v) is 5.86. The number of hydrogen-bond acceptors (Lipinski definition) is 3. The van der Waals surface area contributed by atoms with Crippen LogP contribution in [-0.2, 0) is 0 Å². The van der Waals surface area contributed by atoms with Crippen LogP contribution in [0.5, 0.6) is 0 Å². The molecule has 2 atom stereocenters. The molecule has 0 amide bonds. The van der Waals surface area contributed by atoms with Gasteiger partial charge in [0.15, 0.2) is 0 Å². The van der Waals surface area contributed by atoms with E-state index in [0.717, 1.165) is 18.3 Å². The third-order valence-corrected chi connectivity index (χ3v) is 4.49. The molecule has 3 heteroatoms. The molecule has 0 aromatic carbocycles. The number of nitrogens with one attached hydrogen (secondary N) is 1. The fourth-order valence-corrected chi connectivity index (χ4v) is 3.21. The van der Waals surface area contributed by atoms with Crippen molar-refractivity contribution in [2.24, 2.45) is 0 Å². The fourth-order valence-electron chi connectivity index (χ4n) is 2.01. The monoisotopic (exact) mass is 230 g/mol. The molecule has 15 heavy (non-hydrogen) atoms. The molecular formula is C12H26N2S. The first-order valence-corrected chi connectivity index (χ1v) is 7.39. The molecule has 1 saturated heterocycles. The first-order valence-electron chi connectivity index (χ1n) is 6.34. The summed E-state index contributed by atoms with van der Waals surface area (Å²) in [7, 11) is 0. The third-order valence-electron chi connectivity index (χ3n) is 3.12. The zero-order valence-corrected chi connectivity index (χ0v) is 11.3. The second-order valence-electron chi connectivity index (χ2n) is 4.45. The summed E-state index contributed by atoms with van der Waals surface area (Å²) in [5.74, 6) is 1.32. The lowest BCUT2D eigenvalue weighted by molar-refractivity contribution is 0.210. The summed E-state index contributed by atoms with van der Waals surface area (Å²) in [6, 6.07) is 0.700. The van der Waals surface area contributed by atoms with E-state index in [1.54, 1.807) is 0 Å². The quantitative estimate of drug-likeness (QED) is 0.704. The number of nitrogens with zero attached hydrogens (tertiary/aromatic N) is 1. The average molecular weight is 230 g/mol. The van der Waals surface area contributed by atoms with Crippen molar-refractivity contribution < 1.29 is 0 Å². The second kappa shape index (κ2) is 7.53. The molecule has 90 valence electrons. The average Bonchev–Trinajstić information content (AvgIpc) is 2.29. The van der Waals surface area contributed by atoms with Gasteiger partial charge in [0, 0.05) is 36.7 Å². The number of rotatable bonds is 6. The molecule has 1 rings (SSSR count). The molecule has 2 unspecified atom stereocenters. The minimum atomic E-state index is 0.700. The molecule has 0 bridgehead atoms. The largest absolute Gasteiger partial charge is 0.315 e. The molecule has 1 fully saturated rings. The van der Waals surface area contributed by atoms with Gasteiger partial charge >= 0.3 is 0 Å². The maximum Gasteiger partial charge on any atom is 0.0193 e. The van der Waals surface area contributed by atoms with Crippen LogP contribution in [0.25, 0.3) is 0 Å². The van der Waals surface area contributed by atoms with Crippen LogP contribution in [0.4, 0.5) is 0 Å².